The highest BCUT2D eigenvalue weighted by Crippen LogP contribution is 2.34. The fourth-order valence-corrected chi connectivity index (χ4v) is 5.01. The van der Waals surface area contributed by atoms with Crippen molar-refractivity contribution in [3.63, 3.8) is 0 Å². The minimum absolute atomic E-state index is 0.200. The van der Waals surface area contributed by atoms with Crippen molar-refractivity contribution in [1.82, 2.24) is 10.5 Å². The molecule has 0 aliphatic carbocycles. The van der Waals surface area contributed by atoms with Crippen molar-refractivity contribution >= 4 is 11.3 Å². The maximum atomic E-state index is 13.0. The van der Waals surface area contributed by atoms with Crippen LogP contribution in [0.4, 0.5) is 13.2 Å². The molecule has 0 amide bonds. The Morgan fingerprint density at radius 3 is 2.45 bits per heavy atom. The molecule has 7 nitrogen and oxygen atoms in total. The third-order valence-electron chi connectivity index (χ3n) is 6.10. The number of methoxy groups -OCH3 is 1. The SMILES string of the molecule is COc1cc(OCc2sc(-c3ccc(C(F)(F)F)cc3)nc2CCCOCc2ccccc2)ccc1C(N)NO. The normalized spacial score (nSPS) is 12.3. The molecule has 4 aromatic rings. The number of aryl methyl sites for hydroxylation is 1. The van der Waals surface area contributed by atoms with E-state index < -0.39 is 17.9 Å². The first-order valence-corrected chi connectivity index (χ1v) is 13.3. The highest BCUT2D eigenvalue weighted by molar-refractivity contribution is 7.15. The smallest absolute Gasteiger partial charge is 0.416 e. The van der Waals surface area contributed by atoms with Gasteiger partial charge < -0.3 is 25.2 Å². The summed E-state index contributed by atoms with van der Waals surface area (Å²) in [4.78, 5) is 5.60. The van der Waals surface area contributed by atoms with E-state index in [-0.39, 0.29) is 6.61 Å². The van der Waals surface area contributed by atoms with Crippen molar-refractivity contribution in [1.29, 1.82) is 0 Å². The van der Waals surface area contributed by atoms with Crippen LogP contribution in [0.2, 0.25) is 0 Å². The summed E-state index contributed by atoms with van der Waals surface area (Å²) in [6.07, 6.45) is -3.90. The van der Waals surface area contributed by atoms with Gasteiger partial charge in [0.05, 0.1) is 29.9 Å². The Bertz CT molecular complexity index is 1370. The van der Waals surface area contributed by atoms with Gasteiger partial charge in [0.15, 0.2) is 0 Å². The lowest BCUT2D eigenvalue weighted by molar-refractivity contribution is -0.137. The average Bonchev–Trinajstić information content (AvgIpc) is 3.38. The van der Waals surface area contributed by atoms with E-state index in [0.717, 1.165) is 28.3 Å². The second kappa shape index (κ2) is 13.7. The summed E-state index contributed by atoms with van der Waals surface area (Å²) in [6.45, 7) is 1.24. The van der Waals surface area contributed by atoms with Gasteiger partial charge >= 0.3 is 6.18 Å². The van der Waals surface area contributed by atoms with Gasteiger partial charge in [-0.25, -0.2) is 4.98 Å². The van der Waals surface area contributed by atoms with E-state index in [1.165, 1.54) is 30.6 Å². The Kier molecular flexibility index (Phi) is 10.1. The molecular formula is C29H30F3N3O4S. The van der Waals surface area contributed by atoms with Crippen LogP contribution in [0, 0.1) is 0 Å². The molecule has 1 atom stereocenters. The van der Waals surface area contributed by atoms with Crippen LogP contribution >= 0.6 is 11.3 Å². The second-order valence-electron chi connectivity index (χ2n) is 8.90. The van der Waals surface area contributed by atoms with Crippen LogP contribution in [0.3, 0.4) is 0 Å². The van der Waals surface area contributed by atoms with Gasteiger partial charge in [0.1, 0.15) is 29.3 Å². The molecule has 0 fully saturated rings. The lowest BCUT2D eigenvalue weighted by atomic mass is 10.1. The predicted octanol–water partition coefficient (Wildman–Crippen LogP) is 6.50. The Hall–Kier alpha value is -3.48. The number of thiazole rings is 1. The van der Waals surface area contributed by atoms with E-state index in [4.69, 9.17) is 30.1 Å². The summed E-state index contributed by atoms with van der Waals surface area (Å²) >= 11 is 1.37. The van der Waals surface area contributed by atoms with Gasteiger partial charge in [-0.05, 0) is 42.7 Å². The van der Waals surface area contributed by atoms with Gasteiger partial charge in [-0.2, -0.15) is 18.7 Å². The van der Waals surface area contributed by atoms with Crippen molar-refractivity contribution in [2.24, 2.45) is 5.73 Å². The van der Waals surface area contributed by atoms with Crippen molar-refractivity contribution in [2.45, 2.75) is 38.4 Å². The molecule has 4 rings (SSSR count). The van der Waals surface area contributed by atoms with E-state index in [2.05, 4.69) is 0 Å². The van der Waals surface area contributed by atoms with Crippen LogP contribution in [-0.2, 0) is 30.5 Å². The van der Waals surface area contributed by atoms with E-state index in [0.29, 0.717) is 53.7 Å². The van der Waals surface area contributed by atoms with Crippen molar-refractivity contribution in [3.05, 3.63) is 100 Å². The highest BCUT2D eigenvalue weighted by atomic mass is 32.1. The van der Waals surface area contributed by atoms with Crippen molar-refractivity contribution in [2.75, 3.05) is 13.7 Å². The molecular weight excluding hydrogens is 543 g/mol. The molecule has 0 aliphatic heterocycles. The van der Waals surface area contributed by atoms with Gasteiger partial charge in [-0.15, -0.1) is 11.3 Å². The largest absolute Gasteiger partial charge is 0.496 e. The number of hydroxylamine groups is 1. The van der Waals surface area contributed by atoms with Crippen LogP contribution in [0.15, 0.2) is 72.8 Å². The Morgan fingerprint density at radius 2 is 1.77 bits per heavy atom. The van der Waals surface area contributed by atoms with Crippen LogP contribution in [0.25, 0.3) is 10.6 Å². The van der Waals surface area contributed by atoms with Crippen LogP contribution < -0.4 is 20.7 Å². The minimum Gasteiger partial charge on any atom is -0.496 e. The number of benzene rings is 3. The van der Waals surface area contributed by atoms with Gasteiger partial charge in [-0.3, -0.25) is 0 Å². The maximum Gasteiger partial charge on any atom is 0.416 e. The molecule has 0 bridgehead atoms. The van der Waals surface area contributed by atoms with E-state index >= 15 is 0 Å². The molecule has 1 aromatic heterocycles. The lowest BCUT2D eigenvalue weighted by Crippen LogP contribution is -2.25. The fraction of sp³-hybridized carbons (Fsp3) is 0.276. The Morgan fingerprint density at radius 1 is 1.02 bits per heavy atom. The average molecular weight is 574 g/mol. The predicted molar refractivity (Wildman–Crippen MR) is 146 cm³/mol. The molecule has 4 N–H and O–H groups in total. The number of alkyl halides is 3. The number of nitrogens with two attached hydrogens (primary N) is 1. The first-order valence-electron chi connectivity index (χ1n) is 12.5. The summed E-state index contributed by atoms with van der Waals surface area (Å²) < 4.78 is 56.3. The fourth-order valence-electron chi connectivity index (χ4n) is 3.98. The molecule has 3 aromatic carbocycles. The summed E-state index contributed by atoms with van der Waals surface area (Å²) in [7, 11) is 1.49. The second-order valence-corrected chi connectivity index (χ2v) is 9.99. The third kappa shape index (κ3) is 7.80. The molecule has 0 saturated carbocycles. The van der Waals surface area contributed by atoms with Gasteiger partial charge in [0.25, 0.3) is 0 Å². The molecule has 0 aliphatic rings. The van der Waals surface area contributed by atoms with Crippen molar-refractivity contribution < 1.29 is 32.6 Å². The molecule has 40 heavy (non-hydrogen) atoms. The lowest BCUT2D eigenvalue weighted by Gasteiger charge is -2.15. The molecule has 1 unspecified atom stereocenters. The standard InChI is InChI=1S/C29H30F3N3O4S/c1-37-25-16-22(13-14-23(25)27(33)35-36)39-18-26-24(8-5-15-38-17-19-6-3-2-4-7-19)34-28(40-26)20-9-11-21(12-10-20)29(30,31)32/h2-4,6-7,9-14,16,27,35-36H,5,8,15,17-18,33H2,1H3. The topological polar surface area (TPSA) is 98.9 Å². The van der Waals surface area contributed by atoms with Crippen LogP contribution in [0.5, 0.6) is 11.5 Å². The molecule has 212 valence electrons. The van der Waals surface area contributed by atoms with Gasteiger partial charge in [-0.1, -0.05) is 42.5 Å². The molecule has 0 saturated heterocycles. The van der Waals surface area contributed by atoms with E-state index in [1.54, 1.807) is 18.2 Å². The number of nitrogens with zero attached hydrogens (tertiary/aromatic N) is 1. The third-order valence-corrected chi connectivity index (χ3v) is 7.22. The zero-order chi connectivity index (χ0) is 28.5. The summed E-state index contributed by atoms with van der Waals surface area (Å²) in [5, 5.41) is 9.75. The number of halogens is 3. The van der Waals surface area contributed by atoms with E-state index in [1.807, 2.05) is 35.8 Å². The number of aromatic nitrogens is 1. The minimum atomic E-state index is -4.40. The van der Waals surface area contributed by atoms with E-state index in [9.17, 15) is 13.2 Å². The Balaban J connectivity index is 1.48. The summed E-state index contributed by atoms with van der Waals surface area (Å²) in [5.74, 6) is 0.962. The summed E-state index contributed by atoms with van der Waals surface area (Å²) in [5.41, 5.74) is 10.2. The first kappa shape index (κ1) is 29.5. The van der Waals surface area contributed by atoms with Crippen LogP contribution in [-0.4, -0.2) is 23.9 Å². The van der Waals surface area contributed by atoms with Crippen molar-refractivity contribution in [3.8, 4) is 22.1 Å². The number of ether oxygens (including phenoxy) is 3. The zero-order valence-corrected chi connectivity index (χ0v) is 22.6. The highest BCUT2D eigenvalue weighted by Gasteiger charge is 2.30. The van der Waals surface area contributed by atoms with Gasteiger partial charge in [0.2, 0.25) is 0 Å². The number of rotatable bonds is 13. The molecule has 0 radical (unpaired) electrons. The number of hydrogen-bond acceptors (Lipinski definition) is 8. The maximum absolute atomic E-state index is 13.0. The molecule has 0 spiro atoms. The van der Waals surface area contributed by atoms with Gasteiger partial charge in [0, 0.05) is 23.8 Å². The summed E-state index contributed by atoms with van der Waals surface area (Å²) in [6, 6.07) is 19.9. The monoisotopic (exact) mass is 573 g/mol. The molecule has 11 heteroatoms. The zero-order valence-electron chi connectivity index (χ0n) is 21.8. The first-order chi connectivity index (χ1) is 19.3. The Labute approximate surface area is 234 Å². The molecule has 1 heterocycles. The number of nitrogens with one attached hydrogen (secondary N) is 1. The quantitative estimate of drug-likeness (QED) is 0.0954. The number of hydrogen-bond donors (Lipinski definition) is 3. The van der Waals surface area contributed by atoms with Crippen LogP contribution in [0.1, 0.15) is 39.8 Å².